The summed E-state index contributed by atoms with van der Waals surface area (Å²) in [4.78, 5) is 12.0. The minimum absolute atomic E-state index is 0.00400. The van der Waals surface area contributed by atoms with Crippen LogP contribution in [0.2, 0.25) is 0 Å². The van der Waals surface area contributed by atoms with Gasteiger partial charge in [-0.15, -0.1) is 0 Å². The summed E-state index contributed by atoms with van der Waals surface area (Å²) in [6.07, 6.45) is 2.93. The maximum absolute atomic E-state index is 13.5. The molecule has 0 bridgehead atoms. The van der Waals surface area contributed by atoms with E-state index < -0.39 is 17.4 Å². The van der Waals surface area contributed by atoms with Crippen LogP contribution in [0.3, 0.4) is 0 Å². The Morgan fingerprint density at radius 3 is 2.71 bits per heavy atom. The Kier molecular flexibility index (Phi) is 4.77. The van der Waals surface area contributed by atoms with Crippen LogP contribution < -0.4 is 0 Å². The van der Waals surface area contributed by atoms with E-state index >= 15 is 0 Å². The van der Waals surface area contributed by atoms with Crippen LogP contribution in [-0.2, 0) is 4.74 Å². The molecule has 21 heavy (non-hydrogen) atoms. The van der Waals surface area contributed by atoms with Crippen molar-refractivity contribution in [1.82, 2.24) is 0 Å². The highest BCUT2D eigenvalue weighted by atomic mass is 19.1. The second-order valence-corrected chi connectivity index (χ2v) is 6.89. The van der Waals surface area contributed by atoms with Gasteiger partial charge in [0.25, 0.3) is 0 Å². The van der Waals surface area contributed by atoms with Crippen molar-refractivity contribution >= 4 is 5.78 Å². The van der Waals surface area contributed by atoms with Crippen molar-refractivity contribution in [3.63, 3.8) is 0 Å². The van der Waals surface area contributed by atoms with Gasteiger partial charge in [0.2, 0.25) is 0 Å². The van der Waals surface area contributed by atoms with E-state index in [1.54, 1.807) is 0 Å². The standard InChI is InChI=1S/C17H22F2O2/c1-11-6-13(9-17(2,3)8-11)21-10-16(20)14-7-12(18)4-5-15(14)19/h4-5,7,11,13H,6,8-10H2,1-3H3. The van der Waals surface area contributed by atoms with E-state index in [-0.39, 0.29) is 23.7 Å². The molecule has 2 nitrogen and oxygen atoms in total. The molecule has 0 saturated heterocycles. The summed E-state index contributed by atoms with van der Waals surface area (Å²) in [5, 5.41) is 0. The summed E-state index contributed by atoms with van der Waals surface area (Å²) in [5.41, 5.74) is -0.0479. The van der Waals surface area contributed by atoms with Gasteiger partial charge < -0.3 is 4.74 Å². The third-order valence-electron chi connectivity index (χ3n) is 4.03. The van der Waals surface area contributed by atoms with Crippen molar-refractivity contribution in [2.45, 2.75) is 46.1 Å². The van der Waals surface area contributed by atoms with Crippen LogP contribution in [0.5, 0.6) is 0 Å². The highest BCUT2D eigenvalue weighted by molar-refractivity contribution is 5.97. The Balaban J connectivity index is 1.96. The molecule has 0 heterocycles. The lowest BCUT2D eigenvalue weighted by Gasteiger charge is -2.38. The van der Waals surface area contributed by atoms with Gasteiger partial charge in [-0.25, -0.2) is 8.78 Å². The maximum atomic E-state index is 13.5. The second-order valence-electron chi connectivity index (χ2n) is 6.89. The number of rotatable bonds is 4. The quantitative estimate of drug-likeness (QED) is 0.771. The van der Waals surface area contributed by atoms with E-state index in [2.05, 4.69) is 20.8 Å². The Morgan fingerprint density at radius 1 is 1.33 bits per heavy atom. The van der Waals surface area contributed by atoms with Gasteiger partial charge in [-0.2, -0.15) is 0 Å². The van der Waals surface area contributed by atoms with Crippen molar-refractivity contribution in [3.8, 4) is 0 Å². The minimum atomic E-state index is -0.706. The molecule has 1 fully saturated rings. The molecule has 1 aromatic carbocycles. The molecule has 2 unspecified atom stereocenters. The lowest BCUT2D eigenvalue weighted by atomic mass is 9.71. The first-order valence-electron chi connectivity index (χ1n) is 7.37. The van der Waals surface area contributed by atoms with E-state index in [1.807, 2.05) is 0 Å². The summed E-state index contributed by atoms with van der Waals surface area (Å²) in [6.45, 7) is 6.35. The molecule has 0 spiro atoms. The minimum Gasteiger partial charge on any atom is -0.370 e. The first-order valence-corrected chi connectivity index (χ1v) is 7.37. The lowest BCUT2D eigenvalue weighted by Crippen LogP contribution is -2.33. The van der Waals surface area contributed by atoms with E-state index in [1.165, 1.54) is 0 Å². The van der Waals surface area contributed by atoms with Crippen molar-refractivity contribution < 1.29 is 18.3 Å². The van der Waals surface area contributed by atoms with E-state index in [0.717, 1.165) is 37.5 Å². The molecule has 1 saturated carbocycles. The second kappa shape index (κ2) is 6.22. The number of ether oxygens (including phenoxy) is 1. The first kappa shape index (κ1) is 16.1. The molecule has 1 aromatic rings. The number of Topliss-reactive ketones (excluding diaryl/α,β-unsaturated/α-hetero) is 1. The molecule has 0 amide bonds. The molecule has 116 valence electrons. The van der Waals surface area contributed by atoms with Gasteiger partial charge in [-0.1, -0.05) is 20.8 Å². The first-order chi connectivity index (χ1) is 9.77. The zero-order valence-electron chi connectivity index (χ0n) is 12.8. The molecular weight excluding hydrogens is 274 g/mol. The van der Waals surface area contributed by atoms with Gasteiger partial charge in [0.15, 0.2) is 5.78 Å². The van der Waals surface area contributed by atoms with Crippen molar-refractivity contribution in [1.29, 1.82) is 0 Å². The predicted octanol–water partition coefficient (Wildman–Crippen LogP) is 4.38. The number of carbonyl (C=O) groups excluding carboxylic acids is 1. The fraction of sp³-hybridized carbons (Fsp3) is 0.588. The normalized spacial score (nSPS) is 24.8. The van der Waals surface area contributed by atoms with Crippen molar-refractivity contribution in [2.24, 2.45) is 11.3 Å². The third kappa shape index (κ3) is 4.34. The molecular formula is C17H22F2O2. The van der Waals surface area contributed by atoms with Crippen LogP contribution in [0.1, 0.15) is 50.4 Å². The van der Waals surface area contributed by atoms with Crippen molar-refractivity contribution in [3.05, 3.63) is 35.4 Å². The number of hydrogen-bond acceptors (Lipinski definition) is 2. The molecule has 1 aliphatic rings. The molecule has 0 N–H and O–H groups in total. The lowest BCUT2D eigenvalue weighted by molar-refractivity contribution is -0.0168. The summed E-state index contributed by atoms with van der Waals surface area (Å²) < 4.78 is 32.3. The fourth-order valence-electron chi connectivity index (χ4n) is 3.37. The van der Waals surface area contributed by atoms with Gasteiger partial charge >= 0.3 is 0 Å². The Morgan fingerprint density at radius 2 is 2.05 bits per heavy atom. The van der Waals surface area contributed by atoms with E-state index in [0.29, 0.717) is 5.92 Å². The maximum Gasteiger partial charge on any atom is 0.191 e. The molecule has 0 radical (unpaired) electrons. The van der Waals surface area contributed by atoms with Crippen LogP contribution in [0.4, 0.5) is 8.78 Å². The van der Waals surface area contributed by atoms with Crippen LogP contribution >= 0.6 is 0 Å². The fourth-order valence-corrected chi connectivity index (χ4v) is 3.37. The van der Waals surface area contributed by atoms with Gasteiger partial charge in [0.1, 0.15) is 18.2 Å². The monoisotopic (exact) mass is 296 g/mol. The number of ketones is 1. The average Bonchev–Trinajstić information content (AvgIpc) is 2.36. The molecule has 0 aromatic heterocycles. The molecule has 2 atom stereocenters. The zero-order valence-corrected chi connectivity index (χ0v) is 12.8. The Hall–Kier alpha value is -1.29. The molecule has 4 heteroatoms. The summed E-state index contributed by atoms with van der Waals surface area (Å²) in [6, 6.07) is 2.89. The Bertz CT molecular complexity index is 526. The van der Waals surface area contributed by atoms with Crippen LogP contribution in [0.15, 0.2) is 18.2 Å². The topological polar surface area (TPSA) is 26.3 Å². The van der Waals surface area contributed by atoms with Crippen molar-refractivity contribution in [2.75, 3.05) is 6.61 Å². The Labute approximate surface area is 124 Å². The highest BCUT2D eigenvalue weighted by Crippen LogP contribution is 2.39. The third-order valence-corrected chi connectivity index (χ3v) is 4.03. The average molecular weight is 296 g/mol. The van der Waals surface area contributed by atoms with Crippen LogP contribution in [-0.4, -0.2) is 18.5 Å². The van der Waals surface area contributed by atoms with Crippen LogP contribution in [0, 0.1) is 23.0 Å². The number of halogens is 2. The number of hydrogen-bond donors (Lipinski definition) is 0. The van der Waals surface area contributed by atoms with Gasteiger partial charge in [0, 0.05) is 0 Å². The summed E-state index contributed by atoms with van der Waals surface area (Å²) in [7, 11) is 0. The van der Waals surface area contributed by atoms with E-state index in [9.17, 15) is 13.6 Å². The van der Waals surface area contributed by atoms with Gasteiger partial charge in [0.05, 0.1) is 11.7 Å². The van der Waals surface area contributed by atoms with Gasteiger partial charge in [-0.05, 0) is 48.8 Å². The summed E-state index contributed by atoms with van der Waals surface area (Å²) >= 11 is 0. The number of carbonyl (C=O) groups is 1. The molecule has 1 aliphatic carbocycles. The zero-order chi connectivity index (χ0) is 15.6. The SMILES string of the molecule is CC1CC(OCC(=O)c2cc(F)ccc2F)CC(C)(C)C1. The summed E-state index contributed by atoms with van der Waals surface area (Å²) in [5.74, 6) is -1.29. The smallest absolute Gasteiger partial charge is 0.191 e. The van der Waals surface area contributed by atoms with Gasteiger partial charge in [-0.3, -0.25) is 4.79 Å². The highest BCUT2D eigenvalue weighted by Gasteiger charge is 2.32. The largest absolute Gasteiger partial charge is 0.370 e. The van der Waals surface area contributed by atoms with Crippen LogP contribution in [0.25, 0.3) is 0 Å². The predicted molar refractivity (Wildman–Crippen MR) is 77.2 cm³/mol. The molecule has 0 aliphatic heterocycles. The van der Waals surface area contributed by atoms with E-state index in [4.69, 9.17) is 4.74 Å². The molecule has 2 rings (SSSR count). The number of benzene rings is 1.